The molecule has 0 bridgehead atoms. The summed E-state index contributed by atoms with van der Waals surface area (Å²) in [7, 11) is 0. The van der Waals surface area contributed by atoms with E-state index in [9.17, 15) is 0 Å². The summed E-state index contributed by atoms with van der Waals surface area (Å²) in [4.78, 5) is 16.2. The fourth-order valence-corrected chi connectivity index (χ4v) is 9.67. The number of nitrogens with zero attached hydrogens (tertiary/aromatic N) is 3. The van der Waals surface area contributed by atoms with Gasteiger partial charge in [0.25, 0.3) is 0 Å². The molecule has 0 radical (unpaired) electrons. The Bertz CT molecular complexity index is 2900. The molecule has 0 unspecified atom stereocenters. The zero-order valence-corrected chi connectivity index (χ0v) is 30.8. The van der Waals surface area contributed by atoms with Crippen molar-refractivity contribution in [1.82, 2.24) is 15.0 Å². The zero-order chi connectivity index (χ0) is 36.3. The van der Waals surface area contributed by atoms with Gasteiger partial charge in [-0.15, -0.1) is 0 Å². The van der Waals surface area contributed by atoms with Crippen LogP contribution in [0.2, 0.25) is 0 Å². The second kappa shape index (κ2) is 11.0. The SMILES string of the molecule is CC1(C)c2ccccc2-c2c(-c3nc(-c4ccc5c6ccccc6c6ccccc6c5c4)nc(-c4cccc5c4-c4ccccc4C5(C)C)n3)cccc21. The molecule has 54 heavy (non-hydrogen) atoms. The molecule has 11 rings (SSSR count). The highest BCUT2D eigenvalue weighted by Gasteiger charge is 2.39. The molecule has 0 spiro atoms. The van der Waals surface area contributed by atoms with Gasteiger partial charge in [0.05, 0.1) is 0 Å². The monoisotopic (exact) mass is 691 g/mol. The molecule has 0 saturated heterocycles. The van der Waals surface area contributed by atoms with E-state index >= 15 is 0 Å². The summed E-state index contributed by atoms with van der Waals surface area (Å²) in [6.45, 7) is 9.28. The van der Waals surface area contributed by atoms with Crippen LogP contribution in [-0.4, -0.2) is 15.0 Å². The van der Waals surface area contributed by atoms with Crippen molar-refractivity contribution in [2.75, 3.05) is 0 Å². The van der Waals surface area contributed by atoms with Gasteiger partial charge < -0.3 is 0 Å². The second-order valence-electron chi connectivity index (χ2n) is 16.0. The van der Waals surface area contributed by atoms with E-state index in [1.54, 1.807) is 0 Å². The molecule has 0 saturated carbocycles. The Hall–Kier alpha value is -6.45. The predicted octanol–water partition coefficient (Wildman–Crippen LogP) is 12.9. The van der Waals surface area contributed by atoms with Crippen LogP contribution in [0.1, 0.15) is 49.9 Å². The Morgan fingerprint density at radius 2 is 0.685 bits per heavy atom. The van der Waals surface area contributed by atoms with Gasteiger partial charge in [-0.1, -0.05) is 173 Å². The van der Waals surface area contributed by atoms with Crippen molar-refractivity contribution in [1.29, 1.82) is 0 Å². The molecule has 2 aliphatic rings. The van der Waals surface area contributed by atoms with Gasteiger partial charge in [0.15, 0.2) is 17.5 Å². The third kappa shape index (κ3) is 4.21. The van der Waals surface area contributed by atoms with Crippen molar-refractivity contribution in [2.24, 2.45) is 0 Å². The first kappa shape index (κ1) is 31.1. The highest BCUT2D eigenvalue weighted by Crippen LogP contribution is 2.53. The van der Waals surface area contributed by atoms with E-state index in [-0.39, 0.29) is 10.8 Å². The molecule has 0 aliphatic heterocycles. The molecule has 256 valence electrons. The van der Waals surface area contributed by atoms with Crippen molar-refractivity contribution in [3.05, 3.63) is 174 Å². The van der Waals surface area contributed by atoms with Crippen molar-refractivity contribution in [2.45, 2.75) is 38.5 Å². The minimum atomic E-state index is -0.141. The quantitative estimate of drug-likeness (QED) is 0.173. The third-order valence-electron chi connectivity index (χ3n) is 12.3. The Morgan fingerprint density at radius 1 is 0.315 bits per heavy atom. The molecule has 1 heterocycles. The first-order valence-electron chi connectivity index (χ1n) is 18.9. The molecule has 0 N–H and O–H groups in total. The van der Waals surface area contributed by atoms with Gasteiger partial charge in [0.1, 0.15) is 0 Å². The molecule has 9 aromatic rings. The first-order chi connectivity index (χ1) is 26.3. The third-order valence-corrected chi connectivity index (χ3v) is 12.3. The average Bonchev–Trinajstić information content (AvgIpc) is 3.60. The standard InChI is InChI=1S/C51H37N3/c1-50(2)41-23-11-9-19-36(41)45-38(21-13-25-43(45)50)48-52-47(30-27-28-35-33-17-6-5-15-31(33)32-16-7-8-18-34(32)40(35)29-30)53-49(54-48)39-22-14-26-44-46(39)37-20-10-12-24-42(37)51(44,3)4/h5-29H,1-4H3. The minimum absolute atomic E-state index is 0.141. The van der Waals surface area contributed by atoms with Crippen molar-refractivity contribution < 1.29 is 0 Å². The van der Waals surface area contributed by atoms with Gasteiger partial charge in [-0.3, -0.25) is 0 Å². The maximum Gasteiger partial charge on any atom is 0.164 e. The highest BCUT2D eigenvalue weighted by atomic mass is 15.0. The van der Waals surface area contributed by atoms with Crippen molar-refractivity contribution >= 4 is 32.3 Å². The summed E-state index contributed by atoms with van der Waals surface area (Å²) in [6, 6.07) is 55.0. The normalized spacial score (nSPS) is 14.6. The molecule has 1 aromatic heterocycles. The number of benzene rings is 8. The van der Waals surface area contributed by atoms with Gasteiger partial charge in [0, 0.05) is 27.5 Å². The lowest BCUT2D eigenvalue weighted by Gasteiger charge is -2.21. The van der Waals surface area contributed by atoms with Gasteiger partial charge in [-0.05, 0) is 82.9 Å². The van der Waals surface area contributed by atoms with Crippen LogP contribution in [0.5, 0.6) is 0 Å². The van der Waals surface area contributed by atoms with E-state index in [0.717, 1.165) is 16.7 Å². The topological polar surface area (TPSA) is 38.7 Å². The van der Waals surface area contributed by atoms with Crippen LogP contribution in [0.25, 0.3) is 88.7 Å². The van der Waals surface area contributed by atoms with Crippen LogP contribution in [0.4, 0.5) is 0 Å². The van der Waals surface area contributed by atoms with Gasteiger partial charge in [-0.25, -0.2) is 15.0 Å². The molecular weight excluding hydrogens is 655 g/mol. The summed E-state index contributed by atoms with van der Waals surface area (Å²) >= 11 is 0. The molecule has 0 fully saturated rings. The Morgan fingerprint density at radius 3 is 1.19 bits per heavy atom. The fourth-order valence-electron chi connectivity index (χ4n) is 9.67. The highest BCUT2D eigenvalue weighted by molar-refractivity contribution is 6.25. The number of rotatable bonds is 3. The molecule has 3 heteroatoms. The lowest BCUT2D eigenvalue weighted by molar-refractivity contribution is 0.660. The van der Waals surface area contributed by atoms with E-state index in [4.69, 9.17) is 15.0 Å². The van der Waals surface area contributed by atoms with E-state index in [0.29, 0.717) is 17.5 Å². The average molecular weight is 692 g/mol. The lowest BCUT2D eigenvalue weighted by Crippen LogP contribution is -2.15. The van der Waals surface area contributed by atoms with Crippen LogP contribution in [0.3, 0.4) is 0 Å². The molecule has 8 aromatic carbocycles. The van der Waals surface area contributed by atoms with Crippen LogP contribution in [-0.2, 0) is 10.8 Å². The Labute approximate surface area is 315 Å². The summed E-state index contributed by atoms with van der Waals surface area (Å²) in [5.74, 6) is 2.04. The number of hydrogen-bond acceptors (Lipinski definition) is 3. The summed E-state index contributed by atoms with van der Waals surface area (Å²) in [5.41, 5.74) is 12.9. The summed E-state index contributed by atoms with van der Waals surface area (Å²) < 4.78 is 0. The fraction of sp³-hybridized carbons (Fsp3) is 0.118. The van der Waals surface area contributed by atoms with Crippen molar-refractivity contribution in [3.63, 3.8) is 0 Å². The predicted molar refractivity (Wildman–Crippen MR) is 224 cm³/mol. The van der Waals surface area contributed by atoms with Gasteiger partial charge in [0.2, 0.25) is 0 Å². The summed E-state index contributed by atoms with van der Waals surface area (Å²) in [6.07, 6.45) is 0. The largest absolute Gasteiger partial charge is 0.208 e. The smallest absolute Gasteiger partial charge is 0.164 e. The zero-order valence-electron chi connectivity index (χ0n) is 30.8. The van der Waals surface area contributed by atoms with Crippen molar-refractivity contribution in [3.8, 4) is 56.4 Å². The minimum Gasteiger partial charge on any atom is -0.208 e. The summed E-state index contributed by atoms with van der Waals surface area (Å²) in [5, 5.41) is 7.40. The van der Waals surface area contributed by atoms with E-state index in [2.05, 4.69) is 179 Å². The first-order valence-corrected chi connectivity index (χ1v) is 18.9. The van der Waals surface area contributed by atoms with Crippen LogP contribution >= 0.6 is 0 Å². The molecule has 0 amide bonds. The number of fused-ring (bicyclic) bond motifs is 12. The van der Waals surface area contributed by atoms with Crippen LogP contribution < -0.4 is 0 Å². The number of aromatic nitrogens is 3. The maximum atomic E-state index is 5.43. The van der Waals surface area contributed by atoms with Crippen LogP contribution in [0.15, 0.2) is 152 Å². The molecule has 3 nitrogen and oxygen atoms in total. The molecule has 2 aliphatic carbocycles. The molecule has 0 atom stereocenters. The molecular formula is C51H37N3. The van der Waals surface area contributed by atoms with Gasteiger partial charge in [-0.2, -0.15) is 0 Å². The Balaban J connectivity index is 1.21. The maximum absolute atomic E-state index is 5.43. The van der Waals surface area contributed by atoms with Gasteiger partial charge >= 0.3 is 0 Å². The van der Waals surface area contributed by atoms with E-state index in [1.807, 2.05) is 0 Å². The number of hydrogen-bond donors (Lipinski definition) is 0. The Kier molecular flexibility index (Phi) is 6.36. The lowest BCUT2D eigenvalue weighted by atomic mass is 9.82. The van der Waals surface area contributed by atoms with E-state index in [1.165, 1.54) is 76.8 Å². The second-order valence-corrected chi connectivity index (χ2v) is 16.0. The van der Waals surface area contributed by atoms with E-state index < -0.39 is 0 Å². The van der Waals surface area contributed by atoms with Crippen LogP contribution in [0, 0.1) is 0 Å².